The third-order valence-corrected chi connectivity index (χ3v) is 4.73. The number of morpholine rings is 1. The van der Waals surface area contributed by atoms with Crippen molar-refractivity contribution in [2.45, 2.75) is 18.4 Å². The number of rotatable bonds is 3. The fourth-order valence-electron chi connectivity index (χ4n) is 3.13. The summed E-state index contributed by atoms with van der Waals surface area (Å²) in [4.78, 5) is 37.5. The molecule has 1 aromatic heterocycles. The molecule has 0 radical (unpaired) electrons. The van der Waals surface area contributed by atoms with Gasteiger partial charge in [0.15, 0.2) is 0 Å². The number of nitrogens with zero attached hydrogens (tertiary/aromatic N) is 5. The Hall–Kier alpha value is -2.06. The zero-order valence-corrected chi connectivity index (χ0v) is 14.1. The van der Waals surface area contributed by atoms with Crippen LogP contribution in [-0.4, -0.2) is 84.1 Å². The van der Waals surface area contributed by atoms with Crippen LogP contribution in [-0.2, 0) is 14.3 Å². The summed E-state index contributed by atoms with van der Waals surface area (Å²) in [7, 11) is 3.53. The molecule has 2 aliphatic heterocycles. The molecule has 0 saturated carbocycles. The molecular weight excluding hydrogens is 310 g/mol. The molecule has 1 aromatic rings. The first kappa shape index (κ1) is 16.8. The van der Waals surface area contributed by atoms with Gasteiger partial charge in [-0.25, -0.2) is 9.97 Å². The second-order valence-corrected chi connectivity index (χ2v) is 6.61. The van der Waals surface area contributed by atoms with Crippen LogP contribution >= 0.6 is 0 Å². The quantitative estimate of drug-likeness (QED) is 0.760. The molecular formula is C16H23N5O3. The van der Waals surface area contributed by atoms with Gasteiger partial charge in [-0.15, -0.1) is 0 Å². The highest BCUT2D eigenvalue weighted by atomic mass is 16.5. The molecule has 0 aliphatic carbocycles. The molecule has 0 N–H and O–H groups in total. The summed E-state index contributed by atoms with van der Waals surface area (Å²) >= 11 is 0. The first-order chi connectivity index (χ1) is 11.5. The fourth-order valence-corrected chi connectivity index (χ4v) is 3.13. The predicted molar refractivity (Wildman–Crippen MR) is 87.4 cm³/mol. The third kappa shape index (κ3) is 3.54. The average molecular weight is 333 g/mol. The molecule has 2 amide bonds. The van der Waals surface area contributed by atoms with E-state index in [2.05, 4.69) is 14.9 Å². The Bertz CT molecular complexity index is 599. The standard InChI is InChI=1S/C16H23N5O3/c1-19(2)14(22)9-20-5-3-16(4-6-20)11-21(15(23)10-24-16)13-7-17-12-18-8-13/h7-8,12H,3-6,9-11H2,1-2H3. The predicted octanol–water partition coefficient (Wildman–Crippen LogP) is -0.237. The van der Waals surface area contributed by atoms with Crippen molar-refractivity contribution >= 4 is 17.5 Å². The minimum atomic E-state index is -0.346. The van der Waals surface area contributed by atoms with Crippen LogP contribution in [0.25, 0.3) is 0 Å². The SMILES string of the molecule is CN(C)C(=O)CN1CCC2(CC1)CN(c1cncnc1)C(=O)CO2. The summed E-state index contributed by atoms with van der Waals surface area (Å²) in [6, 6.07) is 0. The number of likely N-dealkylation sites (N-methyl/N-ethyl adjacent to an activating group) is 1. The lowest BCUT2D eigenvalue weighted by Gasteiger charge is -2.46. The number of aromatic nitrogens is 2. The number of piperidine rings is 1. The lowest BCUT2D eigenvalue weighted by molar-refractivity contribution is -0.145. The largest absolute Gasteiger partial charge is 0.363 e. The lowest BCUT2D eigenvalue weighted by atomic mass is 9.89. The number of hydrogen-bond donors (Lipinski definition) is 0. The summed E-state index contributed by atoms with van der Waals surface area (Å²) < 4.78 is 5.92. The number of likely N-dealkylation sites (tertiary alicyclic amines) is 1. The van der Waals surface area contributed by atoms with E-state index in [0.717, 1.165) is 25.9 Å². The topological polar surface area (TPSA) is 78.9 Å². The second-order valence-electron chi connectivity index (χ2n) is 6.61. The Morgan fingerprint density at radius 2 is 1.96 bits per heavy atom. The van der Waals surface area contributed by atoms with Crippen LogP contribution in [0.3, 0.4) is 0 Å². The number of carbonyl (C=O) groups excluding carboxylic acids is 2. The van der Waals surface area contributed by atoms with Gasteiger partial charge >= 0.3 is 0 Å². The van der Waals surface area contributed by atoms with Crippen LogP contribution in [0, 0.1) is 0 Å². The van der Waals surface area contributed by atoms with E-state index in [-0.39, 0.29) is 24.0 Å². The van der Waals surface area contributed by atoms with Gasteiger partial charge in [-0.3, -0.25) is 14.5 Å². The Labute approximate surface area is 141 Å². The van der Waals surface area contributed by atoms with Gasteiger partial charge in [0.1, 0.15) is 12.9 Å². The highest BCUT2D eigenvalue weighted by Gasteiger charge is 2.43. The molecule has 0 atom stereocenters. The van der Waals surface area contributed by atoms with Crippen molar-refractivity contribution < 1.29 is 14.3 Å². The van der Waals surface area contributed by atoms with Gasteiger partial charge in [0, 0.05) is 27.2 Å². The molecule has 3 rings (SSSR count). The lowest BCUT2D eigenvalue weighted by Crippen LogP contribution is -2.59. The van der Waals surface area contributed by atoms with E-state index < -0.39 is 0 Å². The monoisotopic (exact) mass is 333 g/mol. The van der Waals surface area contributed by atoms with E-state index in [1.165, 1.54) is 6.33 Å². The van der Waals surface area contributed by atoms with Crippen LogP contribution in [0.4, 0.5) is 5.69 Å². The van der Waals surface area contributed by atoms with Crippen molar-refractivity contribution in [3.8, 4) is 0 Å². The molecule has 8 heteroatoms. The van der Waals surface area contributed by atoms with Gasteiger partial charge in [-0.2, -0.15) is 0 Å². The smallest absolute Gasteiger partial charge is 0.253 e. The van der Waals surface area contributed by atoms with Crippen LogP contribution in [0.1, 0.15) is 12.8 Å². The molecule has 2 fully saturated rings. The minimum absolute atomic E-state index is 0.0689. The zero-order chi connectivity index (χ0) is 17.2. The Morgan fingerprint density at radius 1 is 1.29 bits per heavy atom. The van der Waals surface area contributed by atoms with E-state index in [1.54, 1.807) is 36.3 Å². The van der Waals surface area contributed by atoms with Gasteiger partial charge in [0.2, 0.25) is 5.91 Å². The van der Waals surface area contributed by atoms with Crippen LogP contribution in [0.5, 0.6) is 0 Å². The molecule has 3 heterocycles. The third-order valence-electron chi connectivity index (χ3n) is 4.73. The first-order valence-corrected chi connectivity index (χ1v) is 8.11. The number of hydrogen-bond acceptors (Lipinski definition) is 6. The highest BCUT2D eigenvalue weighted by molar-refractivity contribution is 5.94. The molecule has 8 nitrogen and oxygen atoms in total. The van der Waals surface area contributed by atoms with Gasteiger partial charge in [-0.05, 0) is 12.8 Å². The van der Waals surface area contributed by atoms with Gasteiger partial charge in [-0.1, -0.05) is 0 Å². The van der Waals surface area contributed by atoms with E-state index in [0.29, 0.717) is 18.8 Å². The summed E-state index contributed by atoms with van der Waals surface area (Å²) in [6.07, 6.45) is 6.34. The van der Waals surface area contributed by atoms with Gasteiger partial charge in [0.25, 0.3) is 5.91 Å². The van der Waals surface area contributed by atoms with Crippen molar-refractivity contribution in [2.75, 3.05) is 51.8 Å². The van der Waals surface area contributed by atoms with Crippen molar-refractivity contribution in [3.05, 3.63) is 18.7 Å². The van der Waals surface area contributed by atoms with Crippen molar-refractivity contribution in [3.63, 3.8) is 0 Å². The average Bonchev–Trinajstić information content (AvgIpc) is 2.60. The summed E-state index contributed by atoms with van der Waals surface area (Å²) in [5.74, 6) is 0.0365. The first-order valence-electron chi connectivity index (χ1n) is 8.11. The fraction of sp³-hybridized carbons (Fsp3) is 0.625. The maximum Gasteiger partial charge on any atom is 0.253 e. The minimum Gasteiger partial charge on any atom is -0.363 e. The van der Waals surface area contributed by atoms with E-state index in [4.69, 9.17) is 4.74 Å². The van der Waals surface area contributed by atoms with E-state index in [1.807, 2.05) is 0 Å². The van der Waals surface area contributed by atoms with Crippen molar-refractivity contribution in [1.29, 1.82) is 0 Å². The molecule has 0 unspecified atom stereocenters. The molecule has 0 bridgehead atoms. The van der Waals surface area contributed by atoms with Gasteiger partial charge < -0.3 is 14.5 Å². The van der Waals surface area contributed by atoms with Crippen molar-refractivity contribution in [1.82, 2.24) is 19.8 Å². The normalized spacial score (nSPS) is 21.1. The maximum atomic E-state index is 12.2. The Kier molecular flexibility index (Phi) is 4.77. The molecule has 2 saturated heterocycles. The Balaban J connectivity index is 1.63. The Morgan fingerprint density at radius 3 is 2.58 bits per heavy atom. The molecule has 2 aliphatic rings. The van der Waals surface area contributed by atoms with Crippen LogP contribution in [0.2, 0.25) is 0 Å². The highest BCUT2D eigenvalue weighted by Crippen LogP contribution is 2.32. The van der Waals surface area contributed by atoms with Crippen molar-refractivity contribution in [2.24, 2.45) is 0 Å². The zero-order valence-electron chi connectivity index (χ0n) is 14.1. The number of ether oxygens (including phenoxy) is 1. The molecule has 24 heavy (non-hydrogen) atoms. The molecule has 1 spiro atoms. The summed E-state index contributed by atoms with van der Waals surface area (Å²) in [5.41, 5.74) is 0.358. The summed E-state index contributed by atoms with van der Waals surface area (Å²) in [6.45, 7) is 2.58. The molecule has 0 aromatic carbocycles. The number of carbonyl (C=O) groups is 2. The second kappa shape index (κ2) is 6.82. The van der Waals surface area contributed by atoms with E-state index >= 15 is 0 Å². The summed E-state index contributed by atoms with van der Waals surface area (Å²) in [5, 5.41) is 0. The van der Waals surface area contributed by atoms with Crippen LogP contribution in [0.15, 0.2) is 18.7 Å². The number of anilines is 1. The van der Waals surface area contributed by atoms with E-state index in [9.17, 15) is 9.59 Å². The number of amides is 2. The van der Waals surface area contributed by atoms with Crippen LogP contribution < -0.4 is 4.90 Å². The maximum absolute atomic E-state index is 12.2. The van der Waals surface area contributed by atoms with Gasteiger partial charge in [0.05, 0.1) is 36.8 Å². The molecule has 130 valence electrons.